The molecule has 1 fully saturated rings. The van der Waals surface area contributed by atoms with Crippen LogP contribution in [0.4, 0.5) is 0 Å². The molecule has 3 atom stereocenters. The topological polar surface area (TPSA) is 57.6 Å². The van der Waals surface area contributed by atoms with Gasteiger partial charge in [0.1, 0.15) is 5.54 Å². The first-order valence-electron chi connectivity index (χ1n) is 6.85. The van der Waals surface area contributed by atoms with Gasteiger partial charge in [-0.3, -0.25) is 4.79 Å². The van der Waals surface area contributed by atoms with E-state index in [1.54, 1.807) is 0 Å². The van der Waals surface area contributed by atoms with Gasteiger partial charge in [-0.05, 0) is 37.5 Å². The molecule has 1 aliphatic carbocycles. The van der Waals surface area contributed by atoms with Gasteiger partial charge in [-0.25, -0.2) is 4.79 Å². The average molecular weight is 255 g/mol. The van der Waals surface area contributed by atoms with Crippen LogP contribution in [0.3, 0.4) is 0 Å². The second-order valence-corrected chi connectivity index (χ2v) is 5.86. The number of carbonyl (C=O) groups excluding carboxylic acids is 1. The summed E-state index contributed by atoms with van der Waals surface area (Å²) in [6.07, 6.45) is 3.21. The smallest absolute Gasteiger partial charge is 0.329 e. The lowest BCUT2D eigenvalue weighted by atomic mass is 9.64. The highest BCUT2D eigenvalue weighted by atomic mass is 16.4. The van der Waals surface area contributed by atoms with Crippen LogP contribution in [0.15, 0.2) is 0 Å². The highest BCUT2D eigenvalue weighted by Crippen LogP contribution is 2.44. The van der Waals surface area contributed by atoms with Gasteiger partial charge in [0.15, 0.2) is 0 Å². The molecular weight excluding hydrogens is 230 g/mol. The fourth-order valence-corrected chi connectivity index (χ4v) is 3.52. The lowest BCUT2D eigenvalue weighted by Crippen LogP contribution is -2.62. The standard InChI is InChI=1S/C14H25NO3/c1-5-15(9-16)14(13(17)18)8-11(4)6-7-12(14)10(2)3/h9-12H,5-8H2,1-4H3,(H,17,18). The van der Waals surface area contributed by atoms with Gasteiger partial charge >= 0.3 is 5.97 Å². The van der Waals surface area contributed by atoms with E-state index in [-0.39, 0.29) is 11.8 Å². The molecule has 104 valence electrons. The highest BCUT2D eigenvalue weighted by molar-refractivity contribution is 5.82. The number of carbonyl (C=O) groups is 2. The highest BCUT2D eigenvalue weighted by Gasteiger charge is 2.53. The Hall–Kier alpha value is -1.06. The summed E-state index contributed by atoms with van der Waals surface area (Å²) in [6.45, 7) is 8.47. The van der Waals surface area contributed by atoms with E-state index in [9.17, 15) is 14.7 Å². The van der Waals surface area contributed by atoms with Crippen molar-refractivity contribution in [3.63, 3.8) is 0 Å². The van der Waals surface area contributed by atoms with Crippen LogP contribution < -0.4 is 0 Å². The number of carboxylic acid groups (broad SMARTS) is 1. The number of hydrogen-bond donors (Lipinski definition) is 1. The zero-order chi connectivity index (χ0) is 13.9. The summed E-state index contributed by atoms with van der Waals surface area (Å²) >= 11 is 0. The van der Waals surface area contributed by atoms with Crippen molar-refractivity contribution >= 4 is 12.4 Å². The van der Waals surface area contributed by atoms with E-state index in [0.29, 0.717) is 25.3 Å². The Labute approximate surface area is 109 Å². The SMILES string of the molecule is CCN(C=O)C1(C(=O)O)CC(C)CCC1C(C)C. The lowest BCUT2D eigenvalue weighted by Gasteiger charge is -2.49. The maximum absolute atomic E-state index is 11.9. The van der Waals surface area contributed by atoms with E-state index in [2.05, 4.69) is 20.8 Å². The van der Waals surface area contributed by atoms with Crippen LogP contribution in [0.25, 0.3) is 0 Å². The van der Waals surface area contributed by atoms with Gasteiger partial charge in [-0.2, -0.15) is 0 Å². The van der Waals surface area contributed by atoms with Crippen LogP contribution >= 0.6 is 0 Å². The van der Waals surface area contributed by atoms with Crippen molar-refractivity contribution in [3.8, 4) is 0 Å². The molecule has 0 aromatic rings. The Balaban J connectivity index is 3.24. The van der Waals surface area contributed by atoms with Gasteiger partial charge in [-0.1, -0.05) is 27.2 Å². The van der Waals surface area contributed by atoms with Gasteiger partial charge in [0.25, 0.3) is 0 Å². The Morgan fingerprint density at radius 2 is 2.11 bits per heavy atom. The molecule has 18 heavy (non-hydrogen) atoms. The van der Waals surface area contributed by atoms with Crippen LogP contribution in [0.1, 0.15) is 47.0 Å². The van der Waals surface area contributed by atoms with E-state index >= 15 is 0 Å². The molecule has 1 N–H and O–H groups in total. The summed E-state index contributed by atoms with van der Waals surface area (Å²) in [4.78, 5) is 24.7. The van der Waals surface area contributed by atoms with Gasteiger partial charge < -0.3 is 10.0 Å². The van der Waals surface area contributed by atoms with Crippen molar-refractivity contribution in [3.05, 3.63) is 0 Å². The Morgan fingerprint density at radius 3 is 2.50 bits per heavy atom. The second kappa shape index (κ2) is 5.72. The fraction of sp³-hybridized carbons (Fsp3) is 0.857. The molecule has 0 spiro atoms. The van der Waals surface area contributed by atoms with Crippen molar-refractivity contribution in [1.29, 1.82) is 0 Å². The quantitative estimate of drug-likeness (QED) is 0.767. The number of aliphatic carboxylic acids is 1. The van der Waals surface area contributed by atoms with Crippen molar-refractivity contribution in [2.45, 2.75) is 52.5 Å². The summed E-state index contributed by atoms with van der Waals surface area (Å²) in [5.41, 5.74) is -1.01. The average Bonchev–Trinajstić information content (AvgIpc) is 2.29. The number of rotatable bonds is 5. The van der Waals surface area contributed by atoms with Crippen LogP contribution in [0.5, 0.6) is 0 Å². The van der Waals surface area contributed by atoms with Gasteiger partial charge in [-0.15, -0.1) is 0 Å². The monoisotopic (exact) mass is 255 g/mol. The van der Waals surface area contributed by atoms with Gasteiger partial charge in [0.2, 0.25) is 6.41 Å². The lowest BCUT2D eigenvalue weighted by molar-refractivity contribution is -0.166. The first kappa shape index (κ1) is 15.0. The zero-order valence-electron chi connectivity index (χ0n) is 11.8. The zero-order valence-corrected chi connectivity index (χ0v) is 11.8. The molecule has 0 bridgehead atoms. The predicted octanol–water partition coefficient (Wildman–Crippen LogP) is 2.38. The summed E-state index contributed by atoms with van der Waals surface area (Å²) in [7, 11) is 0. The molecule has 3 unspecified atom stereocenters. The molecule has 0 heterocycles. The van der Waals surface area contributed by atoms with E-state index in [1.807, 2.05) is 6.92 Å². The molecule has 1 saturated carbocycles. The summed E-state index contributed by atoms with van der Waals surface area (Å²) in [6, 6.07) is 0. The Kier molecular flexibility index (Phi) is 4.77. The minimum absolute atomic E-state index is 0.0383. The molecular formula is C14H25NO3. The molecule has 1 rings (SSSR count). The molecule has 0 aliphatic heterocycles. The largest absolute Gasteiger partial charge is 0.479 e. The van der Waals surface area contributed by atoms with Gasteiger partial charge in [0.05, 0.1) is 0 Å². The minimum atomic E-state index is -1.01. The molecule has 1 amide bonds. The first-order valence-corrected chi connectivity index (χ1v) is 6.85. The number of hydrogen-bond acceptors (Lipinski definition) is 2. The molecule has 1 aliphatic rings. The van der Waals surface area contributed by atoms with Crippen LogP contribution in [0.2, 0.25) is 0 Å². The van der Waals surface area contributed by atoms with E-state index in [0.717, 1.165) is 12.8 Å². The third-order valence-corrected chi connectivity index (χ3v) is 4.40. The van der Waals surface area contributed by atoms with E-state index < -0.39 is 11.5 Å². The van der Waals surface area contributed by atoms with E-state index in [4.69, 9.17) is 0 Å². The summed E-state index contributed by atoms with van der Waals surface area (Å²) in [5, 5.41) is 9.76. The van der Waals surface area contributed by atoms with Crippen molar-refractivity contribution < 1.29 is 14.7 Å². The van der Waals surface area contributed by atoms with Crippen molar-refractivity contribution in [2.75, 3.05) is 6.54 Å². The molecule has 0 saturated heterocycles. The minimum Gasteiger partial charge on any atom is -0.479 e. The van der Waals surface area contributed by atoms with Crippen LogP contribution in [0, 0.1) is 17.8 Å². The second-order valence-electron chi connectivity index (χ2n) is 5.86. The van der Waals surface area contributed by atoms with Crippen LogP contribution in [-0.2, 0) is 9.59 Å². The van der Waals surface area contributed by atoms with E-state index in [1.165, 1.54) is 4.90 Å². The third-order valence-electron chi connectivity index (χ3n) is 4.40. The Morgan fingerprint density at radius 1 is 1.50 bits per heavy atom. The number of amides is 1. The number of carboxylic acids is 1. The number of nitrogens with zero attached hydrogens (tertiary/aromatic N) is 1. The number of likely N-dealkylation sites (N-methyl/N-ethyl adjacent to an activating group) is 1. The van der Waals surface area contributed by atoms with Crippen molar-refractivity contribution in [1.82, 2.24) is 4.90 Å². The predicted molar refractivity (Wildman–Crippen MR) is 70.2 cm³/mol. The third kappa shape index (κ3) is 2.38. The maximum atomic E-state index is 11.9. The molecule has 4 heteroatoms. The molecule has 0 radical (unpaired) electrons. The van der Waals surface area contributed by atoms with Crippen LogP contribution in [-0.4, -0.2) is 34.5 Å². The molecule has 0 aromatic carbocycles. The molecule has 0 aromatic heterocycles. The van der Waals surface area contributed by atoms with Gasteiger partial charge in [0, 0.05) is 6.54 Å². The Bertz CT molecular complexity index is 316. The maximum Gasteiger partial charge on any atom is 0.329 e. The fourth-order valence-electron chi connectivity index (χ4n) is 3.52. The summed E-state index contributed by atoms with van der Waals surface area (Å²) < 4.78 is 0. The first-order chi connectivity index (χ1) is 8.40. The summed E-state index contributed by atoms with van der Waals surface area (Å²) in [5.74, 6) is -0.189. The normalized spacial score (nSPS) is 32.3. The molecule has 4 nitrogen and oxygen atoms in total. The van der Waals surface area contributed by atoms with Crippen molar-refractivity contribution in [2.24, 2.45) is 17.8 Å².